The molecule has 0 fully saturated rings. The zero-order valence-corrected chi connectivity index (χ0v) is 7.04. The molecule has 3 N–H and O–H groups in total. The summed E-state index contributed by atoms with van der Waals surface area (Å²) in [5.74, 6) is 0. The minimum Gasteiger partial charge on any atom is -0.411 e. The van der Waals surface area contributed by atoms with Crippen LogP contribution in [0.25, 0.3) is 0 Å². The lowest BCUT2D eigenvalue weighted by Gasteiger charge is -1.98. The molecule has 0 radical (unpaired) electrons. The molecule has 0 aromatic rings. The standard InChI is InChI=1S/C7H15N3O/c1-3-7(10-11)6(2)9-5-4-8/h11H,3-5,8H2,1-2H3. The van der Waals surface area contributed by atoms with Crippen molar-refractivity contribution < 1.29 is 5.21 Å². The van der Waals surface area contributed by atoms with Gasteiger partial charge in [0.25, 0.3) is 0 Å². The molecule has 0 aromatic carbocycles. The fourth-order valence-corrected chi connectivity index (χ4v) is 0.722. The van der Waals surface area contributed by atoms with Crippen LogP contribution in [0.5, 0.6) is 0 Å². The van der Waals surface area contributed by atoms with E-state index in [-0.39, 0.29) is 0 Å². The number of nitrogens with zero attached hydrogens (tertiary/aromatic N) is 2. The third kappa shape index (κ3) is 3.72. The lowest BCUT2D eigenvalue weighted by molar-refractivity contribution is 0.319. The summed E-state index contributed by atoms with van der Waals surface area (Å²) in [4.78, 5) is 4.09. The maximum Gasteiger partial charge on any atom is 0.0999 e. The van der Waals surface area contributed by atoms with Gasteiger partial charge in [-0.25, -0.2) is 0 Å². The highest BCUT2D eigenvalue weighted by atomic mass is 16.4. The van der Waals surface area contributed by atoms with Crippen LogP contribution < -0.4 is 5.73 Å². The fraction of sp³-hybridized carbons (Fsp3) is 0.714. The molecule has 0 spiro atoms. The van der Waals surface area contributed by atoms with Crippen LogP contribution in [0.4, 0.5) is 0 Å². The molecule has 0 bridgehead atoms. The van der Waals surface area contributed by atoms with E-state index in [1.165, 1.54) is 0 Å². The second-order valence-electron chi connectivity index (χ2n) is 2.16. The zero-order valence-electron chi connectivity index (χ0n) is 7.04. The number of rotatable bonds is 4. The van der Waals surface area contributed by atoms with Crippen LogP contribution in [0.3, 0.4) is 0 Å². The molecule has 64 valence electrons. The third-order valence-electron chi connectivity index (χ3n) is 1.35. The van der Waals surface area contributed by atoms with Gasteiger partial charge < -0.3 is 10.9 Å². The summed E-state index contributed by atoms with van der Waals surface area (Å²) >= 11 is 0. The molecule has 0 unspecified atom stereocenters. The van der Waals surface area contributed by atoms with Crippen molar-refractivity contribution in [1.29, 1.82) is 0 Å². The average Bonchev–Trinajstić information content (AvgIpc) is 2.03. The Morgan fingerprint density at radius 1 is 1.55 bits per heavy atom. The van der Waals surface area contributed by atoms with Crippen molar-refractivity contribution in [1.82, 2.24) is 0 Å². The van der Waals surface area contributed by atoms with Gasteiger partial charge in [0, 0.05) is 6.54 Å². The second-order valence-corrected chi connectivity index (χ2v) is 2.16. The maximum atomic E-state index is 8.47. The summed E-state index contributed by atoms with van der Waals surface area (Å²) in [6.07, 6.45) is 0.691. The van der Waals surface area contributed by atoms with Crippen LogP contribution in [0.2, 0.25) is 0 Å². The topological polar surface area (TPSA) is 71.0 Å². The van der Waals surface area contributed by atoms with Crippen molar-refractivity contribution in [2.24, 2.45) is 15.9 Å². The zero-order chi connectivity index (χ0) is 8.69. The molecule has 0 atom stereocenters. The Hall–Kier alpha value is -0.900. The highest BCUT2D eigenvalue weighted by Crippen LogP contribution is 1.89. The van der Waals surface area contributed by atoms with Crippen LogP contribution in [0.15, 0.2) is 10.1 Å². The summed E-state index contributed by atoms with van der Waals surface area (Å²) in [5, 5.41) is 11.6. The average molecular weight is 157 g/mol. The van der Waals surface area contributed by atoms with Gasteiger partial charge in [0.2, 0.25) is 0 Å². The molecular formula is C7H15N3O. The van der Waals surface area contributed by atoms with Gasteiger partial charge in [-0.3, -0.25) is 4.99 Å². The van der Waals surface area contributed by atoms with E-state index in [4.69, 9.17) is 10.9 Å². The Kier molecular flexibility index (Phi) is 5.37. The first-order chi connectivity index (χ1) is 5.26. The Morgan fingerprint density at radius 2 is 2.18 bits per heavy atom. The van der Waals surface area contributed by atoms with E-state index in [1.807, 2.05) is 13.8 Å². The Bertz CT molecular complexity index is 163. The summed E-state index contributed by atoms with van der Waals surface area (Å²) in [6, 6.07) is 0. The Labute approximate surface area is 66.8 Å². The first kappa shape index (κ1) is 10.1. The van der Waals surface area contributed by atoms with Gasteiger partial charge in [-0.15, -0.1) is 0 Å². The molecule has 0 saturated heterocycles. The van der Waals surface area contributed by atoms with Crippen molar-refractivity contribution in [2.75, 3.05) is 13.1 Å². The molecule has 0 aliphatic carbocycles. The first-order valence-electron chi connectivity index (χ1n) is 3.68. The number of aliphatic imine (C=N–C) groups is 1. The Morgan fingerprint density at radius 3 is 2.55 bits per heavy atom. The lowest BCUT2D eigenvalue weighted by atomic mass is 10.2. The highest BCUT2D eigenvalue weighted by molar-refractivity contribution is 6.41. The van der Waals surface area contributed by atoms with Crippen LogP contribution in [-0.4, -0.2) is 29.7 Å². The smallest absolute Gasteiger partial charge is 0.0999 e. The van der Waals surface area contributed by atoms with E-state index in [9.17, 15) is 0 Å². The van der Waals surface area contributed by atoms with Gasteiger partial charge in [0.05, 0.1) is 18.0 Å². The molecule has 0 aliphatic heterocycles. The van der Waals surface area contributed by atoms with E-state index in [1.54, 1.807) is 0 Å². The van der Waals surface area contributed by atoms with Gasteiger partial charge in [0.15, 0.2) is 0 Å². The number of hydrogen-bond acceptors (Lipinski definition) is 4. The van der Waals surface area contributed by atoms with Crippen LogP contribution in [0.1, 0.15) is 20.3 Å². The van der Waals surface area contributed by atoms with E-state index in [2.05, 4.69) is 10.1 Å². The number of hydrogen-bond donors (Lipinski definition) is 2. The largest absolute Gasteiger partial charge is 0.411 e. The monoisotopic (exact) mass is 157 g/mol. The van der Waals surface area contributed by atoms with Crippen LogP contribution in [-0.2, 0) is 0 Å². The van der Waals surface area contributed by atoms with Crippen molar-refractivity contribution in [3.63, 3.8) is 0 Å². The van der Waals surface area contributed by atoms with E-state index < -0.39 is 0 Å². The first-order valence-corrected chi connectivity index (χ1v) is 3.68. The van der Waals surface area contributed by atoms with E-state index >= 15 is 0 Å². The van der Waals surface area contributed by atoms with Gasteiger partial charge in [-0.2, -0.15) is 0 Å². The molecule has 0 amide bonds. The third-order valence-corrected chi connectivity index (χ3v) is 1.35. The van der Waals surface area contributed by atoms with E-state index in [0.29, 0.717) is 25.2 Å². The van der Waals surface area contributed by atoms with Crippen molar-refractivity contribution in [2.45, 2.75) is 20.3 Å². The normalized spacial score (nSPS) is 13.7. The highest BCUT2D eigenvalue weighted by Gasteiger charge is 1.99. The number of nitrogens with two attached hydrogens (primary N) is 1. The van der Waals surface area contributed by atoms with E-state index in [0.717, 1.165) is 5.71 Å². The van der Waals surface area contributed by atoms with Gasteiger partial charge in [-0.1, -0.05) is 12.1 Å². The molecule has 11 heavy (non-hydrogen) atoms. The predicted octanol–water partition coefficient (Wildman–Crippen LogP) is 0.646. The molecule has 0 heterocycles. The lowest BCUT2D eigenvalue weighted by Crippen LogP contribution is -2.12. The minimum atomic E-state index is 0.528. The summed E-state index contributed by atoms with van der Waals surface area (Å²) in [7, 11) is 0. The summed E-state index contributed by atoms with van der Waals surface area (Å²) in [6.45, 7) is 4.84. The van der Waals surface area contributed by atoms with Gasteiger partial charge in [-0.05, 0) is 13.3 Å². The van der Waals surface area contributed by atoms with Gasteiger partial charge >= 0.3 is 0 Å². The molecule has 0 rings (SSSR count). The molecule has 4 heteroatoms. The SMILES string of the molecule is CCC(=NO)C(C)=NCCN. The summed E-state index contributed by atoms with van der Waals surface area (Å²) < 4.78 is 0. The molecule has 0 saturated carbocycles. The van der Waals surface area contributed by atoms with Crippen LogP contribution >= 0.6 is 0 Å². The fourth-order valence-electron chi connectivity index (χ4n) is 0.722. The summed E-state index contributed by atoms with van der Waals surface area (Å²) in [5.41, 5.74) is 6.64. The van der Waals surface area contributed by atoms with Crippen molar-refractivity contribution >= 4 is 11.4 Å². The quantitative estimate of drug-likeness (QED) is 0.357. The van der Waals surface area contributed by atoms with Crippen molar-refractivity contribution in [3.8, 4) is 0 Å². The molecular weight excluding hydrogens is 142 g/mol. The molecule has 4 nitrogen and oxygen atoms in total. The van der Waals surface area contributed by atoms with Gasteiger partial charge in [0.1, 0.15) is 0 Å². The van der Waals surface area contributed by atoms with Crippen LogP contribution in [0, 0.1) is 0 Å². The molecule has 0 aromatic heterocycles. The predicted molar refractivity (Wildman–Crippen MR) is 46.5 cm³/mol. The minimum absolute atomic E-state index is 0.528. The number of oxime groups is 1. The Balaban J connectivity index is 4.08. The second kappa shape index (κ2) is 5.85. The molecule has 0 aliphatic rings. The maximum absolute atomic E-state index is 8.47. The van der Waals surface area contributed by atoms with Crippen molar-refractivity contribution in [3.05, 3.63) is 0 Å².